The highest BCUT2D eigenvalue weighted by Crippen LogP contribution is 2.14. The Morgan fingerprint density at radius 2 is 1.83 bits per heavy atom. The number of hydrazone groups is 1. The number of halogens is 1. The van der Waals surface area contributed by atoms with Gasteiger partial charge in [0.25, 0.3) is 11.6 Å². The number of rotatable bonds is 6. The van der Waals surface area contributed by atoms with Gasteiger partial charge in [0.1, 0.15) is 6.04 Å². The predicted molar refractivity (Wildman–Crippen MR) is 93.4 cm³/mol. The number of nitrogens with one attached hydrogen (secondary N) is 2. The zero-order chi connectivity index (χ0) is 17.5. The summed E-state index contributed by atoms with van der Waals surface area (Å²) in [5, 5.41) is 18.0. The zero-order valence-electron chi connectivity index (χ0n) is 12.8. The molecule has 0 aliphatic heterocycles. The Kier molecular flexibility index (Phi) is 5.86. The van der Waals surface area contributed by atoms with Gasteiger partial charge in [0.2, 0.25) is 0 Å². The molecule has 2 rings (SSSR count). The fourth-order valence-corrected chi connectivity index (χ4v) is 1.94. The van der Waals surface area contributed by atoms with Gasteiger partial charge in [0.05, 0.1) is 11.1 Å². The third-order valence-electron chi connectivity index (χ3n) is 3.11. The molecule has 0 bridgehead atoms. The molecule has 2 aromatic rings. The smallest absolute Gasteiger partial charge is 0.269 e. The van der Waals surface area contributed by atoms with E-state index in [0.717, 1.165) is 5.69 Å². The van der Waals surface area contributed by atoms with Gasteiger partial charge in [-0.3, -0.25) is 14.9 Å². The highest BCUT2D eigenvalue weighted by atomic mass is 35.5. The minimum atomic E-state index is -0.500. The summed E-state index contributed by atoms with van der Waals surface area (Å²) in [6.07, 6.45) is 1.41. The van der Waals surface area contributed by atoms with Crippen molar-refractivity contribution < 1.29 is 9.72 Å². The second kappa shape index (κ2) is 8.07. The fraction of sp³-hybridized carbons (Fsp3) is 0.125. The Labute approximate surface area is 143 Å². The summed E-state index contributed by atoms with van der Waals surface area (Å²) in [6, 6.07) is 12.3. The number of amides is 1. The van der Waals surface area contributed by atoms with E-state index in [2.05, 4.69) is 15.8 Å². The van der Waals surface area contributed by atoms with Crippen LogP contribution in [0, 0.1) is 10.1 Å². The molecule has 0 aromatic heterocycles. The van der Waals surface area contributed by atoms with Crippen molar-refractivity contribution in [1.82, 2.24) is 5.43 Å². The van der Waals surface area contributed by atoms with Gasteiger partial charge in [0.15, 0.2) is 0 Å². The lowest BCUT2D eigenvalue weighted by Gasteiger charge is -2.13. The average Bonchev–Trinajstić information content (AvgIpc) is 2.57. The van der Waals surface area contributed by atoms with Gasteiger partial charge in [-0.1, -0.05) is 11.6 Å². The topological polar surface area (TPSA) is 96.6 Å². The lowest BCUT2D eigenvalue weighted by atomic mass is 10.2. The standard InChI is InChI=1S/C16H15ClN4O3/c1-11(19-14-6-4-13(17)5-7-14)16(22)20-18-10-12-2-8-15(9-3-12)21(23)24/h2-11,19H,1H3,(H,20,22)/b18-10-/t11-/m1/s1. The van der Waals surface area contributed by atoms with Crippen molar-refractivity contribution in [3.8, 4) is 0 Å². The van der Waals surface area contributed by atoms with Crippen molar-refractivity contribution in [2.75, 3.05) is 5.32 Å². The quantitative estimate of drug-likeness (QED) is 0.477. The molecule has 7 nitrogen and oxygen atoms in total. The first kappa shape index (κ1) is 17.4. The molecule has 8 heteroatoms. The van der Waals surface area contributed by atoms with Crippen LogP contribution in [0.2, 0.25) is 5.02 Å². The summed E-state index contributed by atoms with van der Waals surface area (Å²) >= 11 is 5.80. The normalized spacial score (nSPS) is 11.9. The van der Waals surface area contributed by atoms with Crippen LogP contribution in [-0.2, 0) is 4.79 Å². The van der Waals surface area contributed by atoms with E-state index < -0.39 is 11.0 Å². The van der Waals surface area contributed by atoms with Gasteiger partial charge < -0.3 is 5.32 Å². The summed E-state index contributed by atoms with van der Waals surface area (Å²) in [7, 11) is 0. The molecule has 1 amide bonds. The van der Waals surface area contributed by atoms with E-state index in [9.17, 15) is 14.9 Å². The lowest BCUT2D eigenvalue weighted by Crippen LogP contribution is -2.34. The zero-order valence-corrected chi connectivity index (χ0v) is 13.5. The summed E-state index contributed by atoms with van der Waals surface area (Å²) in [6.45, 7) is 1.70. The van der Waals surface area contributed by atoms with Crippen molar-refractivity contribution in [2.45, 2.75) is 13.0 Å². The Hall–Kier alpha value is -2.93. The van der Waals surface area contributed by atoms with Crippen LogP contribution < -0.4 is 10.7 Å². The molecule has 0 unspecified atom stereocenters. The molecule has 0 saturated carbocycles. The predicted octanol–water partition coefficient (Wildman–Crippen LogP) is 3.20. The summed E-state index contributed by atoms with van der Waals surface area (Å²) in [5.74, 6) is -0.317. The van der Waals surface area contributed by atoms with Crippen molar-refractivity contribution in [1.29, 1.82) is 0 Å². The van der Waals surface area contributed by atoms with Crippen LogP contribution >= 0.6 is 11.6 Å². The van der Waals surface area contributed by atoms with Crippen LogP contribution in [0.25, 0.3) is 0 Å². The molecule has 124 valence electrons. The largest absolute Gasteiger partial charge is 0.374 e. The van der Waals surface area contributed by atoms with E-state index in [1.54, 1.807) is 43.3 Å². The monoisotopic (exact) mass is 346 g/mol. The van der Waals surface area contributed by atoms with E-state index in [1.807, 2.05) is 0 Å². The van der Waals surface area contributed by atoms with Crippen molar-refractivity contribution in [3.63, 3.8) is 0 Å². The SMILES string of the molecule is C[C@@H](Nc1ccc(Cl)cc1)C(=O)N/N=C\c1ccc([N+](=O)[O-])cc1. The molecule has 24 heavy (non-hydrogen) atoms. The highest BCUT2D eigenvalue weighted by molar-refractivity contribution is 6.30. The lowest BCUT2D eigenvalue weighted by molar-refractivity contribution is -0.384. The number of nitrogens with zero attached hydrogens (tertiary/aromatic N) is 2. The Bertz CT molecular complexity index is 745. The third kappa shape index (κ3) is 5.06. The number of hydrogen-bond donors (Lipinski definition) is 2. The number of non-ortho nitro benzene ring substituents is 1. The second-order valence-corrected chi connectivity index (χ2v) is 5.39. The third-order valence-corrected chi connectivity index (χ3v) is 3.36. The second-order valence-electron chi connectivity index (χ2n) is 4.96. The molecular weight excluding hydrogens is 332 g/mol. The molecular formula is C16H15ClN4O3. The maximum absolute atomic E-state index is 11.9. The van der Waals surface area contributed by atoms with E-state index in [0.29, 0.717) is 10.6 Å². The summed E-state index contributed by atoms with van der Waals surface area (Å²) < 4.78 is 0. The molecule has 2 N–H and O–H groups in total. The van der Waals surface area contributed by atoms with Crippen LogP contribution in [-0.4, -0.2) is 23.1 Å². The molecule has 0 fully saturated rings. The molecule has 1 atom stereocenters. The van der Waals surface area contributed by atoms with Gasteiger partial charge >= 0.3 is 0 Å². The number of benzene rings is 2. The minimum Gasteiger partial charge on any atom is -0.374 e. The number of nitro groups is 1. The number of carbonyl (C=O) groups is 1. The Morgan fingerprint density at radius 3 is 2.42 bits per heavy atom. The molecule has 0 heterocycles. The molecule has 0 aliphatic carbocycles. The van der Waals surface area contributed by atoms with Gasteiger partial charge in [0, 0.05) is 22.8 Å². The van der Waals surface area contributed by atoms with Crippen molar-refractivity contribution >= 4 is 35.1 Å². The first-order valence-corrected chi connectivity index (χ1v) is 7.43. The van der Waals surface area contributed by atoms with E-state index in [1.165, 1.54) is 18.3 Å². The molecule has 0 spiro atoms. The average molecular weight is 347 g/mol. The van der Waals surface area contributed by atoms with Gasteiger partial charge in [-0.2, -0.15) is 5.10 Å². The van der Waals surface area contributed by atoms with E-state index in [-0.39, 0.29) is 11.6 Å². The molecule has 0 aliphatic rings. The first-order valence-electron chi connectivity index (χ1n) is 7.05. The van der Waals surface area contributed by atoms with E-state index >= 15 is 0 Å². The molecule has 0 radical (unpaired) electrons. The highest BCUT2D eigenvalue weighted by Gasteiger charge is 2.11. The minimum absolute atomic E-state index is 0.00280. The van der Waals surface area contributed by atoms with Crippen molar-refractivity contribution in [2.24, 2.45) is 5.10 Å². The van der Waals surface area contributed by atoms with Crippen molar-refractivity contribution in [3.05, 3.63) is 69.2 Å². The van der Waals surface area contributed by atoms with Gasteiger partial charge in [-0.05, 0) is 48.9 Å². The maximum Gasteiger partial charge on any atom is 0.269 e. The number of carbonyl (C=O) groups excluding carboxylic acids is 1. The fourth-order valence-electron chi connectivity index (χ4n) is 1.81. The van der Waals surface area contributed by atoms with Gasteiger partial charge in [-0.15, -0.1) is 0 Å². The van der Waals surface area contributed by atoms with Gasteiger partial charge in [-0.25, -0.2) is 5.43 Å². The number of anilines is 1. The summed E-state index contributed by atoms with van der Waals surface area (Å²) in [4.78, 5) is 22.0. The number of nitro benzene ring substituents is 1. The van der Waals surface area contributed by atoms with Crippen LogP contribution in [0.4, 0.5) is 11.4 Å². The summed E-state index contributed by atoms with van der Waals surface area (Å²) in [5.41, 5.74) is 3.81. The Morgan fingerprint density at radius 1 is 1.21 bits per heavy atom. The van der Waals surface area contributed by atoms with Crippen LogP contribution in [0.5, 0.6) is 0 Å². The number of hydrogen-bond acceptors (Lipinski definition) is 5. The Balaban J connectivity index is 1.87. The van der Waals surface area contributed by atoms with Crippen LogP contribution in [0.15, 0.2) is 53.6 Å². The first-order chi connectivity index (χ1) is 11.5. The van der Waals surface area contributed by atoms with E-state index in [4.69, 9.17) is 11.6 Å². The van der Waals surface area contributed by atoms with Crippen LogP contribution in [0.3, 0.4) is 0 Å². The maximum atomic E-state index is 11.9. The van der Waals surface area contributed by atoms with Crippen LogP contribution in [0.1, 0.15) is 12.5 Å². The molecule has 0 saturated heterocycles. The molecule has 2 aromatic carbocycles.